The summed E-state index contributed by atoms with van der Waals surface area (Å²) in [4.78, 5) is 21.8. The summed E-state index contributed by atoms with van der Waals surface area (Å²) in [5.41, 5.74) is 5.25. The van der Waals surface area contributed by atoms with Crippen LogP contribution in [0, 0.1) is 0 Å². The van der Waals surface area contributed by atoms with Gasteiger partial charge in [0.2, 0.25) is 0 Å². The number of hydrogen-bond acceptors (Lipinski definition) is 4. The normalized spacial score (nSPS) is 22.9. The van der Waals surface area contributed by atoms with Crippen LogP contribution in [0.25, 0.3) is 0 Å². The molecule has 0 aromatic rings. The largest absolute Gasteiger partial charge is 0.451 e. The van der Waals surface area contributed by atoms with Gasteiger partial charge in [-0.1, -0.05) is 0 Å². The van der Waals surface area contributed by atoms with E-state index in [1.54, 1.807) is 0 Å². The van der Waals surface area contributed by atoms with Crippen molar-refractivity contribution >= 4 is 24.3 Å². The molecule has 1 aliphatic heterocycles. The van der Waals surface area contributed by atoms with Gasteiger partial charge in [-0.2, -0.15) is 0 Å². The zero-order chi connectivity index (χ0) is 9.14. The molecule has 0 radical (unpaired) electrons. The summed E-state index contributed by atoms with van der Waals surface area (Å²) in [7, 11) is 0. The van der Waals surface area contributed by atoms with E-state index in [1.807, 2.05) is 0 Å². The number of carbonyl (C=O) groups is 2. The number of esters is 1. The minimum Gasteiger partial charge on any atom is -0.451 e. The minimum atomic E-state index is -0.668. The third-order valence-corrected chi connectivity index (χ3v) is 1.63. The Morgan fingerprint density at radius 3 is 2.77 bits per heavy atom. The van der Waals surface area contributed by atoms with Crippen molar-refractivity contribution in [3.63, 3.8) is 0 Å². The predicted molar refractivity (Wildman–Crippen MR) is 48.4 cm³/mol. The average molecular weight is 209 g/mol. The number of rotatable bonds is 2. The zero-order valence-electron chi connectivity index (χ0n) is 7.28. The molecule has 0 saturated carbocycles. The van der Waals surface area contributed by atoms with Crippen LogP contribution in [0.5, 0.6) is 0 Å². The maximum Gasteiger partial charge on any atom is 0.323 e. The van der Waals surface area contributed by atoms with Gasteiger partial charge in [-0.25, -0.2) is 0 Å². The number of hydrogen-bond donors (Lipinski definition) is 2. The molecule has 5 nitrogen and oxygen atoms in total. The van der Waals surface area contributed by atoms with Crippen LogP contribution in [0.15, 0.2) is 0 Å². The van der Waals surface area contributed by atoms with Crippen molar-refractivity contribution in [1.29, 1.82) is 0 Å². The molecule has 13 heavy (non-hydrogen) atoms. The molecule has 1 rings (SSSR count). The predicted octanol–water partition coefficient (Wildman–Crippen LogP) is -0.813. The molecular formula is C7H13ClN2O3. The van der Waals surface area contributed by atoms with E-state index in [9.17, 15) is 9.59 Å². The smallest absolute Gasteiger partial charge is 0.323 e. The van der Waals surface area contributed by atoms with Crippen molar-refractivity contribution in [1.82, 2.24) is 5.32 Å². The summed E-state index contributed by atoms with van der Waals surface area (Å²) in [5, 5.41) is 2.56. The van der Waals surface area contributed by atoms with Crippen molar-refractivity contribution < 1.29 is 14.3 Å². The van der Waals surface area contributed by atoms with Gasteiger partial charge in [0.1, 0.15) is 6.04 Å². The lowest BCUT2D eigenvalue weighted by Crippen LogP contribution is -2.35. The van der Waals surface area contributed by atoms with Crippen molar-refractivity contribution in [2.45, 2.75) is 25.5 Å². The summed E-state index contributed by atoms with van der Waals surface area (Å²) in [6, 6.07) is -0.668. The lowest BCUT2D eigenvalue weighted by molar-refractivity contribution is -0.154. The van der Waals surface area contributed by atoms with Crippen LogP contribution in [-0.4, -0.2) is 30.6 Å². The van der Waals surface area contributed by atoms with Gasteiger partial charge >= 0.3 is 5.97 Å². The molecule has 0 aromatic carbocycles. The van der Waals surface area contributed by atoms with E-state index in [-0.39, 0.29) is 18.3 Å². The maximum atomic E-state index is 10.9. The second kappa shape index (κ2) is 5.04. The third kappa shape index (κ3) is 3.20. The quantitative estimate of drug-likeness (QED) is 0.582. The van der Waals surface area contributed by atoms with Gasteiger partial charge in [-0.15, -0.1) is 12.4 Å². The topological polar surface area (TPSA) is 81.4 Å². The first-order valence-electron chi connectivity index (χ1n) is 3.85. The summed E-state index contributed by atoms with van der Waals surface area (Å²) in [6.45, 7) is 2.09. The molecule has 76 valence electrons. The molecule has 0 aliphatic carbocycles. The molecule has 6 heteroatoms. The summed E-state index contributed by atoms with van der Waals surface area (Å²) < 4.78 is 4.81. The summed E-state index contributed by atoms with van der Waals surface area (Å²) in [6.07, 6.45) is -0.0967. The molecule has 0 spiro atoms. The van der Waals surface area contributed by atoms with Crippen LogP contribution in [0.1, 0.15) is 13.3 Å². The first kappa shape index (κ1) is 12.2. The van der Waals surface area contributed by atoms with Gasteiger partial charge < -0.3 is 15.8 Å². The van der Waals surface area contributed by atoms with Crippen LogP contribution in [0.4, 0.5) is 0 Å². The highest BCUT2D eigenvalue weighted by molar-refractivity contribution is 5.86. The highest BCUT2D eigenvalue weighted by atomic mass is 35.5. The van der Waals surface area contributed by atoms with Crippen LogP contribution >= 0.6 is 12.4 Å². The Morgan fingerprint density at radius 2 is 2.38 bits per heavy atom. The minimum absolute atomic E-state index is 0. The standard InChI is InChI=1S/C7H12N2O3.ClH/c1-4(8)7(11)12-5-2-3-9-6(5)10;/h4-5H,2-3,8H2,1H3,(H,9,10);1H/t4-,5?;/m0./s1. The fourth-order valence-corrected chi connectivity index (χ4v) is 0.931. The molecule has 1 amide bonds. The molecule has 2 atom stereocenters. The Balaban J connectivity index is 0.00000144. The Morgan fingerprint density at radius 1 is 1.77 bits per heavy atom. The van der Waals surface area contributed by atoms with Gasteiger partial charge in [0.05, 0.1) is 0 Å². The van der Waals surface area contributed by atoms with E-state index < -0.39 is 18.1 Å². The Bertz CT molecular complexity index is 208. The number of carbonyl (C=O) groups excluding carboxylic acids is 2. The molecule has 1 unspecified atom stereocenters. The van der Waals surface area contributed by atoms with E-state index in [1.165, 1.54) is 6.92 Å². The van der Waals surface area contributed by atoms with E-state index >= 15 is 0 Å². The summed E-state index contributed by atoms with van der Waals surface area (Å²) >= 11 is 0. The highest BCUT2D eigenvalue weighted by Crippen LogP contribution is 2.05. The zero-order valence-corrected chi connectivity index (χ0v) is 8.10. The molecule has 1 aliphatic rings. The average Bonchev–Trinajstić information content (AvgIpc) is 2.36. The summed E-state index contributed by atoms with van der Waals surface area (Å²) in [5.74, 6) is -0.763. The Labute approximate surface area is 82.4 Å². The maximum absolute atomic E-state index is 10.9. The van der Waals surface area contributed by atoms with Crippen molar-refractivity contribution in [3.05, 3.63) is 0 Å². The lowest BCUT2D eigenvalue weighted by atomic mass is 10.3. The van der Waals surface area contributed by atoms with Crippen LogP contribution in [0.3, 0.4) is 0 Å². The number of halogens is 1. The van der Waals surface area contributed by atoms with E-state index in [4.69, 9.17) is 10.5 Å². The third-order valence-electron chi connectivity index (χ3n) is 1.63. The number of nitrogens with one attached hydrogen (secondary N) is 1. The fraction of sp³-hybridized carbons (Fsp3) is 0.714. The molecule has 1 fully saturated rings. The first-order chi connectivity index (χ1) is 5.61. The lowest BCUT2D eigenvalue weighted by Gasteiger charge is -2.10. The van der Waals surface area contributed by atoms with Crippen molar-refractivity contribution in [3.8, 4) is 0 Å². The van der Waals surface area contributed by atoms with E-state index in [0.29, 0.717) is 13.0 Å². The Kier molecular flexibility index (Phi) is 4.72. The van der Waals surface area contributed by atoms with Gasteiger partial charge in [0, 0.05) is 13.0 Å². The van der Waals surface area contributed by atoms with Gasteiger partial charge in [0.25, 0.3) is 5.91 Å². The SMILES string of the molecule is C[C@H](N)C(=O)OC1CCNC1=O.Cl. The van der Waals surface area contributed by atoms with Crippen LogP contribution in [-0.2, 0) is 14.3 Å². The fourth-order valence-electron chi connectivity index (χ4n) is 0.931. The molecular weight excluding hydrogens is 196 g/mol. The molecule has 0 bridgehead atoms. The highest BCUT2D eigenvalue weighted by Gasteiger charge is 2.28. The first-order valence-corrected chi connectivity index (χ1v) is 3.85. The van der Waals surface area contributed by atoms with Crippen LogP contribution in [0.2, 0.25) is 0 Å². The number of nitrogens with two attached hydrogens (primary N) is 1. The van der Waals surface area contributed by atoms with E-state index in [2.05, 4.69) is 5.32 Å². The van der Waals surface area contributed by atoms with Gasteiger partial charge in [-0.3, -0.25) is 9.59 Å². The van der Waals surface area contributed by atoms with Crippen molar-refractivity contribution in [2.75, 3.05) is 6.54 Å². The van der Waals surface area contributed by atoms with Gasteiger partial charge in [-0.05, 0) is 6.92 Å². The van der Waals surface area contributed by atoms with Crippen LogP contribution < -0.4 is 11.1 Å². The molecule has 3 N–H and O–H groups in total. The Hall–Kier alpha value is -0.810. The van der Waals surface area contributed by atoms with Gasteiger partial charge in [0.15, 0.2) is 6.10 Å². The monoisotopic (exact) mass is 208 g/mol. The van der Waals surface area contributed by atoms with E-state index in [0.717, 1.165) is 0 Å². The number of ether oxygens (including phenoxy) is 1. The number of amides is 1. The second-order valence-corrected chi connectivity index (χ2v) is 2.79. The molecule has 1 saturated heterocycles. The second-order valence-electron chi connectivity index (χ2n) is 2.79. The molecule has 1 heterocycles. The molecule has 0 aromatic heterocycles. The van der Waals surface area contributed by atoms with Crippen molar-refractivity contribution in [2.24, 2.45) is 5.73 Å².